The van der Waals surface area contributed by atoms with E-state index in [1.807, 2.05) is 0 Å². The molecule has 0 saturated heterocycles. The quantitative estimate of drug-likeness (QED) is 0.684. The Balaban J connectivity index is 2.53. The first-order chi connectivity index (χ1) is 6.25. The van der Waals surface area contributed by atoms with Crippen molar-refractivity contribution in [1.82, 2.24) is 4.98 Å². The van der Waals surface area contributed by atoms with Crippen molar-refractivity contribution in [2.75, 3.05) is 0 Å². The van der Waals surface area contributed by atoms with Gasteiger partial charge in [-0.3, -0.25) is 0 Å². The SMILES string of the molecule is Fc1cc(F)cc(-c2cscn2)c1. The van der Waals surface area contributed by atoms with E-state index in [0.29, 0.717) is 11.3 Å². The third-order valence-corrected chi connectivity index (χ3v) is 2.18. The maximum Gasteiger partial charge on any atom is 0.126 e. The highest BCUT2D eigenvalue weighted by atomic mass is 32.1. The van der Waals surface area contributed by atoms with Gasteiger partial charge in [0.15, 0.2) is 0 Å². The summed E-state index contributed by atoms with van der Waals surface area (Å²) in [4.78, 5) is 3.95. The molecule has 0 aliphatic rings. The van der Waals surface area contributed by atoms with Gasteiger partial charge in [0.05, 0.1) is 11.2 Å². The molecule has 2 aromatic rings. The predicted octanol–water partition coefficient (Wildman–Crippen LogP) is 3.09. The van der Waals surface area contributed by atoms with Gasteiger partial charge < -0.3 is 0 Å². The summed E-state index contributed by atoms with van der Waals surface area (Å²) in [6.45, 7) is 0. The van der Waals surface area contributed by atoms with Crippen LogP contribution in [-0.4, -0.2) is 4.98 Å². The molecule has 0 spiro atoms. The molecule has 1 heterocycles. The van der Waals surface area contributed by atoms with Crippen LogP contribution < -0.4 is 0 Å². The van der Waals surface area contributed by atoms with Crippen molar-refractivity contribution >= 4 is 11.3 Å². The zero-order chi connectivity index (χ0) is 9.26. The second-order valence-corrected chi connectivity index (χ2v) is 3.25. The average Bonchev–Trinajstić information content (AvgIpc) is 2.53. The van der Waals surface area contributed by atoms with Crippen LogP contribution in [0, 0.1) is 11.6 Å². The lowest BCUT2D eigenvalue weighted by Gasteiger charge is -1.96. The van der Waals surface area contributed by atoms with Crippen molar-refractivity contribution in [2.24, 2.45) is 0 Å². The van der Waals surface area contributed by atoms with Crippen LogP contribution in [0.4, 0.5) is 8.78 Å². The summed E-state index contributed by atoms with van der Waals surface area (Å²) in [5, 5.41) is 1.74. The second kappa shape index (κ2) is 3.22. The molecular formula is C9H5F2NS. The third kappa shape index (κ3) is 1.72. The topological polar surface area (TPSA) is 12.9 Å². The largest absolute Gasteiger partial charge is 0.245 e. The van der Waals surface area contributed by atoms with Gasteiger partial charge in [-0.05, 0) is 12.1 Å². The molecule has 0 radical (unpaired) electrons. The minimum atomic E-state index is -0.581. The molecule has 66 valence electrons. The first-order valence-corrected chi connectivity index (χ1v) is 4.54. The van der Waals surface area contributed by atoms with E-state index in [9.17, 15) is 8.78 Å². The van der Waals surface area contributed by atoms with Gasteiger partial charge in [0, 0.05) is 17.0 Å². The minimum Gasteiger partial charge on any atom is -0.245 e. The summed E-state index contributed by atoms with van der Waals surface area (Å²) in [6, 6.07) is 3.37. The molecule has 4 heteroatoms. The van der Waals surface area contributed by atoms with Crippen molar-refractivity contribution in [3.05, 3.63) is 40.7 Å². The molecule has 1 aromatic heterocycles. The van der Waals surface area contributed by atoms with Gasteiger partial charge in [-0.2, -0.15) is 0 Å². The molecule has 0 amide bonds. The van der Waals surface area contributed by atoms with E-state index in [-0.39, 0.29) is 0 Å². The number of halogens is 2. The maximum absolute atomic E-state index is 12.8. The van der Waals surface area contributed by atoms with Gasteiger partial charge in [0.2, 0.25) is 0 Å². The van der Waals surface area contributed by atoms with Crippen LogP contribution in [0.2, 0.25) is 0 Å². The van der Waals surface area contributed by atoms with Crippen LogP contribution in [0.15, 0.2) is 29.1 Å². The lowest BCUT2D eigenvalue weighted by atomic mass is 10.2. The third-order valence-electron chi connectivity index (χ3n) is 1.59. The van der Waals surface area contributed by atoms with Crippen molar-refractivity contribution < 1.29 is 8.78 Å². The highest BCUT2D eigenvalue weighted by Crippen LogP contribution is 2.20. The Labute approximate surface area is 77.7 Å². The molecule has 1 aromatic carbocycles. The molecule has 0 saturated carbocycles. The van der Waals surface area contributed by atoms with Gasteiger partial charge in [-0.15, -0.1) is 11.3 Å². The molecule has 0 bridgehead atoms. The summed E-state index contributed by atoms with van der Waals surface area (Å²) in [5.74, 6) is -1.16. The van der Waals surface area contributed by atoms with E-state index in [2.05, 4.69) is 4.98 Å². The zero-order valence-electron chi connectivity index (χ0n) is 6.50. The molecule has 2 rings (SSSR count). The molecule has 13 heavy (non-hydrogen) atoms. The van der Waals surface area contributed by atoms with Crippen LogP contribution in [0.25, 0.3) is 11.3 Å². The highest BCUT2D eigenvalue weighted by molar-refractivity contribution is 7.07. The van der Waals surface area contributed by atoms with E-state index in [1.54, 1.807) is 10.9 Å². The fourth-order valence-corrected chi connectivity index (χ4v) is 1.62. The monoisotopic (exact) mass is 197 g/mol. The average molecular weight is 197 g/mol. The number of hydrogen-bond donors (Lipinski definition) is 0. The summed E-state index contributed by atoms with van der Waals surface area (Å²) in [6.07, 6.45) is 0. The highest BCUT2D eigenvalue weighted by Gasteiger charge is 2.03. The van der Waals surface area contributed by atoms with E-state index >= 15 is 0 Å². The molecule has 0 unspecified atom stereocenters. The van der Waals surface area contributed by atoms with E-state index in [1.165, 1.54) is 23.5 Å². The normalized spacial score (nSPS) is 10.3. The molecular weight excluding hydrogens is 192 g/mol. The number of thiazole rings is 1. The Kier molecular flexibility index (Phi) is 2.06. The Bertz CT molecular complexity index is 391. The van der Waals surface area contributed by atoms with E-state index in [0.717, 1.165) is 6.07 Å². The first-order valence-electron chi connectivity index (χ1n) is 3.60. The van der Waals surface area contributed by atoms with Crippen molar-refractivity contribution in [2.45, 2.75) is 0 Å². The summed E-state index contributed by atoms with van der Waals surface area (Å²) in [5.41, 5.74) is 2.69. The Morgan fingerprint density at radius 3 is 2.31 bits per heavy atom. The number of benzene rings is 1. The van der Waals surface area contributed by atoms with Crippen molar-refractivity contribution in [3.63, 3.8) is 0 Å². The second-order valence-electron chi connectivity index (χ2n) is 2.53. The molecule has 0 fully saturated rings. The molecule has 0 aliphatic carbocycles. The van der Waals surface area contributed by atoms with Crippen LogP contribution in [0.3, 0.4) is 0 Å². The fourth-order valence-electron chi connectivity index (χ4n) is 1.06. The van der Waals surface area contributed by atoms with E-state index in [4.69, 9.17) is 0 Å². The molecule has 1 nitrogen and oxygen atoms in total. The van der Waals surface area contributed by atoms with Gasteiger partial charge >= 0.3 is 0 Å². The summed E-state index contributed by atoms with van der Waals surface area (Å²) >= 11 is 1.39. The van der Waals surface area contributed by atoms with Crippen LogP contribution >= 0.6 is 11.3 Å². The minimum absolute atomic E-state index is 0.471. The molecule has 0 aliphatic heterocycles. The predicted molar refractivity (Wildman–Crippen MR) is 47.5 cm³/mol. The number of rotatable bonds is 1. The van der Waals surface area contributed by atoms with Crippen LogP contribution in [0.5, 0.6) is 0 Å². The molecule has 0 atom stereocenters. The maximum atomic E-state index is 12.8. The Hall–Kier alpha value is -1.29. The van der Waals surface area contributed by atoms with Gasteiger partial charge in [0.1, 0.15) is 11.6 Å². The van der Waals surface area contributed by atoms with Crippen LogP contribution in [0.1, 0.15) is 0 Å². The van der Waals surface area contributed by atoms with Gasteiger partial charge in [-0.1, -0.05) is 0 Å². The Morgan fingerprint density at radius 1 is 1.08 bits per heavy atom. The smallest absolute Gasteiger partial charge is 0.126 e. The zero-order valence-corrected chi connectivity index (χ0v) is 7.31. The number of aromatic nitrogens is 1. The fraction of sp³-hybridized carbons (Fsp3) is 0. The lowest BCUT2D eigenvalue weighted by molar-refractivity contribution is 0.584. The lowest BCUT2D eigenvalue weighted by Crippen LogP contribution is -1.83. The van der Waals surface area contributed by atoms with Gasteiger partial charge in [0.25, 0.3) is 0 Å². The first kappa shape index (κ1) is 8.31. The summed E-state index contributed by atoms with van der Waals surface area (Å²) in [7, 11) is 0. The number of hydrogen-bond acceptors (Lipinski definition) is 2. The van der Waals surface area contributed by atoms with Crippen LogP contribution in [-0.2, 0) is 0 Å². The molecule has 0 N–H and O–H groups in total. The van der Waals surface area contributed by atoms with Gasteiger partial charge in [-0.25, -0.2) is 13.8 Å². The Morgan fingerprint density at radius 2 is 1.77 bits per heavy atom. The van der Waals surface area contributed by atoms with Crippen molar-refractivity contribution in [1.29, 1.82) is 0 Å². The number of nitrogens with zero attached hydrogens (tertiary/aromatic N) is 1. The summed E-state index contributed by atoms with van der Waals surface area (Å²) < 4.78 is 25.5. The van der Waals surface area contributed by atoms with E-state index < -0.39 is 11.6 Å². The van der Waals surface area contributed by atoms with Crippen molar-refractivity contribution in [3.8, 4) is 11.3 Å². The standard InChI is InChI=1S/C9H5F2NS/c10-7-1-6(2-8(11)3-7)9-4-13-5-12-9/h1-5H.